The molecule has 3 fully saturated rings. The molecule has 5 rings (SSSR count). The topological polar surface area (TPSA) is 77.5 Å². The first-order chi connectivity index (χ1) is 16.8. The number of methoxy groups -OCH3 is 1. The first-order valence-electron chi connectivity index (χ1n) is 12.2. The van der Waals surface area contributed by atoms with Crippen LogP contribution in [0.3, 0.4) is 0 Å². The summed E-state index contributed by atoms with van der Waals surface area (Å²) in [7, 11) is 1.62. The van der Waals surface area contributed by atoms with Gasteiger partial charge in [0.1, 0.15) is 17.5 Å². The lowest BCUT2D eigenvalue weighted by Gasteiger charge is -2.45. The summed E-state index contributed by atoms with van der Waals surface area (Å²) >= 11 is 3.49. The number of hydrogen-bond donors (Lipinski definition) is 1. The first kappa shape index (κ1) is 24.6. The molecule has 2 atom stereocenters. The van der Waals surface area contributed by atoms with Crippen molar-refractivity contribution in [3.63, 3.8) is 0 Å². The number of nitrogens with zero attached hydrogens (tertiary/aromatic N) is 1. The van der Waals surface area contributed by atoms with Crippen LogP contribution < -0.4 is 9.64 Å². The second-order valence-corrected chi connectivity index (χ2v) is 10.7. The van der Waals surface area contributed by atoms with Crippen LogP contribution in [0.5, 0.6) is 5.75 Å². The molecule has 1 saturated carbocycles. The summed E-state index contributed by atoms with van der Waals surface area (Å²) in [4.78, 5) is 16.2. The highest BCUT2D eigenvalue weighted by atomic mass is 79.9. The van der Waals surface area contributed by atoms with Gasteiger partial charge < -0.3 is 29.0 Å². The molecule has 2 heterocycles. The highest BCUT2D eigenvalue weighted by molar-refractivity contribution is 9.10. The average molecular weight is 546 g/mol. The highest BCUT2D eigenvalue weighted by Gasteiger charge is 2.64. The van der Waals surface area contributed by atoms with Crippen LogP contribution in [0.1, 0.15) is 44.6 Å². The van der Waals surface area contributed by atoms with E-state index in [9.17, 15) is 9.90 Å². The molecule has 1 aliphatic carbocycles. The van der Waals surface area contributed by atoms with Crippen LogP contribution in [-0.2, 0) is 24.5 Å². The van der Waals surface area contributed by atoms with Crippen LogP contribution in [0.2, 0.25) is 0 Å². The van der Waals surface area contributed by atoms with E-state index in [1.165, 1.54) is 0 Å². The molecule has 2 aromatic carbocycles. The summed E-state index contributed by atoms with van der Waals surface area (Å²) in [5.41, 5.74) is -1.25. The lowest BCUT2D eigenvalue weighted by atomic mass is 9.75. The zero-order chi connectivity index (χ0) is 24.7. The second-order valence-electron chi connectivity index (χ2n) is 9.80. The predicted octanol–water partition coefficient (Wildman–Crippen LogP) is 4.54. The Balaban J connectivity index is 1.50. The average Bonchev–Trinajstić information content (AvgIpc) is 3.43. The van der Waals surface area contributed by atoms with Gasteiger partial charge >= 0.3 is 5.97 Å². The maximum atomic E-state index is 14.2. The van der Waals surface area contributed by atoms with Crippen LogP contribution in [0.4, 0.5) is 5.69 Å². The fraction of sp³-hybridized carbons (Fsp3) is 0.519. The molecular formula is C27H32BrNO6. The van der Waals surface area contributed by atoms with E-state index >= 15 is 0 Å². The molecule has 1 N–H and O–H groups in total. The van der Waals surface area contributed by atoms with E-state index in [0.29, 0.717) is 57.4 Å². The van der Waals surface area contributed by atoms with E-state index in [2.05, 4.69) is 15.9 Å². The third-order valence-electron chi connectivity index (χ3n) is 7.73. The van der Waals surface area contributed by atoms with Gasteiger partial charge in [-0.1, -0.05) is 28.1 Å². The largest absolute Gasteiger partial charge is 0.497 e. The predicted molar refractivity (Wildman–Crippen MR) is 134 cm³/mol. The van der Waals surface area contributed by atoms with Crippen LogP contribution >= 0.6 is 15.9 Å². The number of esters is 1. The molecule has 7 nitrogen and oxygen atoms in total. The van der Waals surface area contributed by atoms with Gasteiger partial charge in [-0.3, -0.25) is 0 Å². The minimum atomic E-state index is -1.40. The Kier molecular flexibility index (Phi) is 6.59. The summed E-state index contributed by atoms with van der Waals surface area (Å²) in [5, 5.41) is 11.8. The highest BCUT2D eigenvalue weighted by Crippen LogP contribution is 2.50. The van der Waals surface area contributed by atoms with Gasteiger partial charge in [-0.25, -0.2) is 4.79 Å². The van der Waals surface area contributed by atoms with Crippen molar-refractivity contribution in [3.05, 3.63) is 58.6 Å². The number of carbonyl (C=O) groups is 1. The normalized spacial score (nSPS) is 28.4. The van der Waals surface area contributed by atoms with Crippen molar-refractivity contribution in [3.8, 4) is 5.75 Å². The summed E-state index contributed by atoms with van der Waals surface area (Å²) in [6.07, 6.45) is 2.85. The van der Waals surface area contributed by atoms with Crippen molar-refractivity contribution in [2.24, 2.45) is 0 Å². The molecule has 2 aliphatic heterocycles. The molecule has 0 amide bonds. The van der Waals surface area contributed by atoms with Gasteiger partial charge in [0.15, 0.2) is 11.3 Å². The molecule has 3 aliphatic rings. The lowest BCUT2D eigenvalue weighted by Crippen LogP contribution is -2.61. The monoisotopic (exact) mass is 545 g/mol. The van der Waals surface area contributed by atoms with Crippen molar-refractivity contribution in [2.45, 2.75) is 62.1 Å². The summed E-state index contributed by atoms with van der Waals surface area (Å²) in [5.74, 6) is -0.239. The first-order valence-corrected chi connectivity index (χ1v) is 13.0. The number of benzene rings is 2. The number of anilines is 1. The fourth-order valence-electron chi connectivity index (χ4n) is 5.83. The van der Waals surface area contributed by atoms with Gasteiger partial charge in [-0.15, -0.1) is 0 Å². The van der Waals surface area contributed by atoms with Crippen molar-refractivity contribution >= 4 is 27.6 Å². The van der Waals surface area contributed by atoms with Gasteiger partial charge in [-0.05, 0) is 68.1 Å². The third kappa shape index (κ3) is 4.24. The smallest absolute Gasteiger partial charge is 0.340 e. The lowest BCUT2D eigenvalue weighted by molar-refractivity contribution is -0.198. The molecule has 0 radical (unpaired) electrons. The Hall–Kier alpha value is -2.13. The Bertz CT molecular complexity index is 1040. The molecule has 35 heavy (non-hydrogen) atoms. The van der Waals surface area contributed by atoms with E-state index in [-0.39, 0.29) is 6.10 Å². The van der Waals surface area contributed by atoms with Crippen LogP contribution in [0.25, 0.3) is 0 Å². The zero-order valence-electron chi connectivity index (χ0n) is 20.2. The number of rotatable bonds is 5. The number of halogens is 1. The third-order valence-corrected chi connectivity index (χ3v) is 8.26. The number of aliphatic hydroxyl groups is 1. The maximum Gasteiger partial charge on any atom is 0.340 e. The molecule has 1 spiro atoms. The van der Waals surface area contributed by atoms with E-state index in [1.807, 2.05) is 53.4 Å². The van der Waals surface area contributed by atoms with Crippen LogP contribution in [0.15, 0.2) is 53.0 Å². The van der Waals surface area contributed by atoms with Crippen LogP contribution in [-0.4, -0.2) is 55.4 Å². The molecule has 8 heteroatoms. The Morgan fingerprint density at radius 2 is 1.66 bits per heavy atom. The quantitative estimate of drug-likeness (QED) is 0.552. The molecule has 2 saturated heterocycles. The number of carbonyl (C=O) groups excluding carboxylic acids is 1. The Morgan fingerprint density at radius 1 is 1.03 bits per heavy atom. The van der Waals surface area contributed by atoms with E-state index in [4.69, 9.17) is 18.9 Å². The Labute approximate surface area is 214 Å². The molecule has 0 unspecified atom stereocenters. The maximum absolute atomic E-state index is 14.2. The number of ether oxygens (including phenoxy) is 4. The van der Waals surface area contributed by atoms with Gasteiger partial charge in [0.2, 0.25) is 0 Å². The standard InChI is InChI=1S/C27H32BrNO6/c1-25(31)15-16-29(21-7-9-22(32-2)10-8-21)27(25,19-3-5-20(28)6-4-19)24(30)35-23-11-13-26(14-12-23)33-17-18-34-26/h3-10,23,31H,11-18H2,1-2H3/t25-,27+/m1/s1. The molecule has 0 aromatic heterocycles. The van der Waals surface area contributed by atoms with E-state index < -0.39 is 22.9 Å². The van der Waals surface area contributed by atoms with Crippen LogP contribution in [0, 0.1) is 0 Å². The van der Waals surface area contributed by atoms with Crippen molar-refractivity contribution in [2.75, 3.05) is 31.8 Å². The number of hydrogen-bond acceptors (Lipinski definition) is 7. The van der Waals surface area contributed by atoms with E-state index in [0.717, 1.165) is 15.9 Å². The molecule has 2 aromatic rings. The van der Waals surface area contributed by atoms with Gasteiger partial charge in [0.25, 0.3) is 0 Å². The molecule has 0 bridgehead atoms. The Morgan fingerprint density at radius 3 is 2.26 bits per heavy atom. The van der Waals surface area contributed by atoms with Gasteiger partial charge in [-0.2, -0.15) is 0 Å². The summed E-state index contributed by atoms with van der Waals surface area (Å²) in [6.45, 7) is 3.45. The van der Waals surface area contributed by atoms with Crippen molar-refractivity contribution in [1.29, 1.82) is 0 Å². The minimum Gasteiger partial charge on any atom is -0.497 e. The summed E-state index contributed by atoms with van der Waals surface area (Å²) < 4.78 is 24.1. The van der Waals surface area contributed by atoms with E-state index in [1.54, 1.807) is 14.0 Å². The van der Waals surface area contributed by atoms with Crippen molar-refractivity contribution in [1.82, 2.24) is 0 Å². The van der Waals surface area contributed by atoms with Crippen molar-refractivity contribution < 1.29 is 28.8 Å². The molecular weight excluding hydrogens is 514 g/mol. The van der Waals surface area contributed by atoms with Gasteiger partial charge in [0.05, 0.1) is 20.3 Å². The zero-order valence-corrected chi connectivity index (χ0v) is 21.8. The molecule has 188 valence electrons. The summed E-state index contributed by atoms with van der Waals surface area (Å²) in [6, 6.07) is 15.1. The van der Waals surface area contributed by atoms with Gasteiger partial charge in [0, 0.05) is 29.5 Å². The SMILES string of the molecule is COc1ccc(N2CC[C@@](C)(O)[C@@]2(C(=O)OC2CCC3(CC2)OCCO3)c2ccc(Br)cc2)cc1. The fourth-order valence-corrected chi connectivity index (χ4v) is 6.10. The second kappa shape index (κ2) is 9.39. The minimum absolute atomic E-state index is 0.262.